The fraction of sp³-hybridized carbons (Fsp3) is 1.00. The summed E-state index contributed by atoms with van der Waals surface area (Å²) in [5.41, 5.74) is 0. The molecule has 0 amide bonds. The molecule has 0 bridgehead atoms. The van der Waals surface area contributed by atoms with E-state index < -0.39 is 5.08 Å². The van der Waals surface area contributed by atoms with Crippen molar-refractivity contribution < 1.29 is 4.39 Å². The van der Waals surface area contributed by atoms with Crippen molar-refractivity contribution in [3.05, 3.63) is 0 Å². The highest BCUT2D eigenvalue weighted by Gasteiger charge is 1.98. The van der Waals surface area contributed by atoms with Gasteiger partial charge in [-0.05, 0) is 12.8 Å². The highest BCUT2D eigenvalue weighted by Crippen LogP contribution is 2.13. The van der Waals surface area contributed by atoms with E-state index in [0.29, 0.717) is 6.42 Å². The smallest absolute Gasteiger partial charge is 0.154 e. The van der Waals surface area contributed by atoms with Gasteiger partial charge in [0.05, 0.1) is 0 Å². The van der Waals surface area contributed by atoms with E-state index in [-0.39, 0.29) is 0 Å². The lowest BCUT2D eigenvalue weighted by Gasteiger charge is -2.00. The van der Waals surface area contributed by atoms with Crippen LogP contribution in [0.15, 0.2) is 0 Å². The van der Waals surface area contributed by atoms with Crippen LogP contribution in [0.3, 0.4) is 0 Å². The molecule has 0 saturated heterocycles. The van der Waals surface area contributed by atoms with Crippen molar-refractivity contribution in [3.8, 4) is 0 Å². The summed E-state index contributed by atoms with van der Waals surface area (Å²) in [4.78, 5) is 0. The van der Waals surface area contributed by atoms with Crippen LogP contribution in [0.25, 0.3) is 0 Å². The molecule has 0 saturated carbocycles. The molecule has 0 aromatic carbocycles. The first-order chi connectivity index (χ1) is 5.77. The minimum absolute atomic E-state index is 0.674. The number of hydrogen-bond donors (Lipinski definition) is 0. The summed E-state index contributed by atoms with van der Waals surface area (Å²) in [6.45, 7) is 2.22. The Hall–Kier alpha value is 0.410. The zero-order valence-electron chi connectivity index (χ0n) is 7.99. The van der Waals surface area contributed by atoms with Gasteiger partial charge in [-0.25, -0.2) is 4.39 Å². The summed E-state index contributed by atoms with van der Waals surface area (Å²) in [7, 11) is 0. The van der Waals surface area contributed by atoms with Crippen molar-refractivity contribution >= 4 is 15.9 Å². The molecule has 1 atom stereocenters. The van der Waals surface area contributed by atoms with Crippen LogP contribution >= 0.6 is 15.9 Å². The average Bonchev–Trinajstić information content (AvgIpc) is 2.02. The third-order valence-corrected chi connectivity index (χ3v) is 2.48. The molecule has 0 nitrogen and oxygen atoms in total. The van der Waals surface area contributed by atoms with E-state index in [1.54, 1.807) is 0 Å². The molecule has 0 aliphatic heterocycles. The van der Waals surface area contributed by atoms with E-state index in [9.17, 15) is 4.39 Å². The first kappa shape index (κ1) is 12.4. The number of hydrogen-bond acceptors (Lipinski definition) is 0. The standard InChI is InChI=1S/C10H20BrF/c1-2-3-4-5-6-7-8-9-10(11)12/h10H,2-9H2,1H3. The van der Waals surface area contributed by atoms with Gasteiger partial charge in [-0.1, -0.05) is 61.4 Å². The van der Waals surface area contributed by atoms with Gasteiger partial charge in [0, 0.05) is 0 Å². The van der Waals surface area contributed by atoms with Crippen LogP contribution in [0.1, 0.15) is 58.3 Å². The van der Waals surface area contributed by atoms with E-state index in [4.69, 9.17) is 0 Å². The number of alkyl halides is 2. The number of unbranched alkanes of at least 4 members (excludes halogenated alkanes) is 6. The lowest BCUT2D eigenvalue weighted by Crippen LogP contribution is -1.87. The molecule has 0 aliphatic carbocycles. The Morgan fingerprint density at radius 2 is 1.50 bits per heavy atom. The number of rotatable bonds is 8. The minimum atomic E-state index is -0.784. The second kappa shape index (κ2) is 9.50. The Bertz CT molecular complexity index is 83.9. The molecular formula is C10H20BrF. The highest BCUT2D eigenvalue weighted by atomic mass is 79.9. The molecule has 0 rings (SSSR count). The predicted octanol–water partition coefficient (Wildman–Crippen LogP) is 4.82. The van der Waals surface area contributed by atoms with E-state index in [1.165, 1.54) is 38.5 Å². The largest absolute Gasteiger partial charge is 0.235 e. The Morgan fingerprint density at radius 3 is 2.00 bits per heavy atom. The molecule has 0 aliphatic rings. The zero-order valence-corrected chi connectivity index (χ0v) is 9.58. The first-order valence-electron chi connectivity index (χ1n) is 5.05. The minimum Gasteiger partial charge on any atom is -0.235 e. The molecule has 1 unspecified atom stereocenters. The summed E-state index contributed by atoms with van der Waals surface area (Å²) in [5.74, 6) is 0. The van der Waals surface area contributed by atoms with Gasteiger partial charge in [-0.3, -0.25) is 0 Å². The average molecular weight is 239 g/mol. The molecule has 0 aromatic rings. The van der Waals surface area contributed by atoms with Gasteiger partial charge in [0.15, 0.2) is 5.08 Å². The van der Waals surface area contributed by atoms with E-state index >= 15 is 0 Å². The second-order valence-electron chi connectivity index (χ2n) is 3.30. The first-order valence-corrected chi connectivity index (χ1v) is 5.97. The molecule has 0 heterocycles. The normalized spacial score (nSPS) is 13.2. The van der Waals surface area contributed by atoms with E-state index in [0.717, 1.165) is 6.42 Å². The van der Waals surface area contributed by atoms with Gasteiger partial charge in [0.1, 0.15) is 0 Å². The number of halogens is 2. The van der Waals surface area contributed by atoms with E-state index in [2.05, 4.69) is 22.9 Å². The van der Waals surface area contributed by atoms with Gasteiger partial charge in [-0.2, -0.15) is 0 Å². The lowest BCUT2D eigenvalue weighted by atomic mass is 10.1. The zero-order chi connectivity index (χ0) is 9.23. The van der Waals surface area contributed by atoms with Crippen molar-refractivity contribution in [2.75, 3.05) is 0 Å². The Balaban J connectivity index is 2.82. The molecule has 0 radical (unpaired) electrons. The molecule has 12 heavy (non-hydrogen) atoms. The lowest BCUT2D eigenvalue weighted by molar-refractivity contribution is 0.419. The van der Waals surface area contributed by atoms with Crippen LogP contribution < -0.4 is 0 Å². The molecule has 0 spiro atoms. The van der Waals surface area contributed by atoms with Crippen LogP contribution in [0.5, 0.6) is 0 Å². The van der Waals surface area contributed by atoms with Gasteiger partial charge in [0.2, 0.25) is 0 Å². The van der Waals surface area contributed by atoms with E-state index in [1.807, 2.05) is 0 Å². The predicted molar refractivity (Wildman–Crippen MR) is 56.4 cm³/mol. The maximum atomic E-state index is 12.2. The quantitative estimate of drug-likeness (QED) is 0.421. The van der Waals surface area contributed by atoms with Gasteiger partial charge >= 0.3 is 0 Å². The molecule has 2 heteroatoms. The summed E-state index contributed by atoms with van der Waals surface area (Å²) in [6, 6.07) is 0. The summed E-state index contributed by atoms with van der Waals surface area (Å²) >= 11 is 2.90. The summed E-state index contributed by atoms with van der Waals surface area (Å²) < 4.78 is 12.2. The summed E-state index contributed by atoms with van der Waals surface area (Å²) in [6.07, 6.45) is 9.50. The van der Waals surface area contributed by atoms with Crippen LogP contribution in [0, 0.1) is 0 Å². The van der Waals surface area contributed by atoms with Gasteiger partial charge in [0.25, 0.3) is 0 Å². The fourth-order valence-corrected chi connectivity index (χ4v) is 1.58. The monoisotopic (exact) mass is 238 g/mol. The van der Waals surface area contributed by atoms with Crippen molar-refractivity contribution in [2.45, 2.75) is 63.4 Å². The van der Waals surface area contributed by atoms with Gasteiger partial charge < -0.3 is 0 Å². The maximum absolute atomic E-state index is 12.2. The van der Waals surface area contributed by atoms with Crippen molar-refractivity contribution in [3.63, 3.8) is 0 Å². The van der Waals surface area contributed by atoms with Crippen molar-refractivity contribution in [2.24, 2.45) is 0 Å². The van der Waals surface area contributed by atoms with Crippen molar-refractivity contribution in [1.82, 2.24) is 0 Å². The van der Waals surface area contributed by atoms with Crippen molar-refractivity contribution in [1.29, 1.82) is 0 Å². The Kier molecular flexibility index (Phi) is 9.82. The van der Waals surface area contributed by atoms with Crippen LogP contribution in [-0.2, 0) is 0 Å². The molecule has 0 N–H and O–H groups in total. The van der Waals surface area contributed by atoms with Crippen LogP contribution in [-0.4, -0.2) is 5.08 Å². The molecule has 74 valence electrons. The Morgan fingerprint density at radius 1 is 1.00 bits per heavy atom. The Labute approximate surface area is 84.1 Å². The van der Waals surface area contributed by atoms with Crippen LogP contribution in [0.2, 0.25) is 0 Å². The maximum Gasteiger partial charge on any atom is 0.154 e. The molecular weight excluding hydrogens is 219 g/mol. The molecule has 0 aromatic heterocycles. The third kappa shape index (κ3) is 10.4. The SMILES string of the molecule is CCCCCCCCCC(F)Br. The third-order valence-electron chi connectivity index (χ3n) is 2.03. The molecule has 0 fully saturated rings. The second-order valence-corrected chi connectivity index (χ2v) is 4.29. The summed E-state index contributed by atoms with van der Waals surface area (Å²) in [5, 5.41) is -0.784. The fourth-order valence-electron chi connectivity index (χ4n) is 1.26. The topological polar surface area (TPSA) is 0 Å². The van der Waals surface area contributed by atoms with Gasteiger partial charge in [-0.15, -0.1) is 0 Å². The highest BCUT2D eigenvalue weighted by molar-refractivity contribution is 9.09. The van der Waals surface area contributed by atoms with Crippen LogP contribution in [0.4, 0.5) is 4.39 Å².